The van der Waals surface area contributed by atoms with Gasteiger partial charge >= 0.3 is 0 Å². The fourth-order valence-electron chi connectivity index (χ4n) is 2.08. The van der Waals surface area contributed by atoms with Crippen LogP contribution in [-0.4, -0.2) is 19.8 Å². The molecule has 0 aliphatic carbocycles. The van der Waals surface area contributed by atoms with Crippen molar-refractivity contribution in [1.29, 1.82) is 0 Å². The summed E-state index contributed by atoms with van der Waals surface area (Å²) in [5, 5.41) is 3.44. The van der Waals surface area contributed by atoms with Crippen LogP contribution in [0.4, 0.5) is 0 Å². The summed E-state index contributed by atoms with van der Waals surface area (Å²) in [5.74, 6) is 2.78. The van der Waals surface area contributed by atoms with Gasteiger partial charge in [0, 0.05) is 19.6 Å². The van der Waals surface area contributed by atoms with Gasteiger partial charge in [0.2, 0.25) is 0 Å². The fraction of sp³-hybridized carbons (Fsp3) is 0.692. The van der Waals surface area contributed by atoms with Gasteiger partial charge in [0.15, 0.2) is 0 Å². The molecule has 0 aromatic carbocycles. The third-order valence-corrected chi connectivity index (χ3v) is 3.05. The van der Waals surface area contributed by atoms with Crippen LogP contribution in [0.1, 0.15) is 31.3 Å². The Balaban J connectivity index is 1.66. The van der Waals surface area contributed by atoms with Gasteiger partial charge in [0.25, 0.3) is 0 Å². The summed E-state index contributed by atoms with van der Waals surface area (Å²) in [5.41, 5.74) is 0. The third-order valence-electron chi connectivity index (χ3n) is 3.05. The van der Waals surface area contributed by atoms with Crippen LogP contribution in [0.15, 0.2) is 16.5 Å². The van der Waals surface area contributed by atoms with Crippen LogP contribution < -0.4 is 5.32 Å². The minimum absolute atomic E-state index is 0.675. The molecule has 1 N–H and O–H groups in total. The number of ether oxygens (including phenoxy) is 1. The molecule has 0 spiro atoms. The van der Waals surface area contributed by atoms with Crippen molar-refractivity contribution < 1.29 is 9.15 Å². The SMILES string of the molecule is CCc1ccc(CNCC2CCCOC2)o1. The largest absolute Gasteiger partial charge is 0.465 e. The van der Waals surface area contributed by atoms with Crippen molar-refractivity contribution in [3.63, 3.8) is 0 Å². The second-order valence-electron chi connectivity index (χ2n) is 4.44. The average molecular weight is 223 g/mol. The van der Waals surface area contributed by atoms with Gasteiger partial charge < -0.3 is 14.5 Å². The predicted molar refractivity (Wildman–Crippen MR) is 63.3 cm³/mol. The second kappa shape index (κ2) is 6.06. The highest BCUT2D eigenvalue weighted by molar-refractivity contribution is 5.06. The zero-order chi connectivity index (χ0) is 11.2. The summed E-state index contributed by atoms with van der Waals surface area (Å²) in [6, 6.07) is 4.12. The minimum atomic E-state index is 0.675. The minimum Gasteiger partial charge on any atom is -0.465 e. The van der Waals surface area contributed by atoms with Gasteiger partial charge in [0.1, 0.15) is 11.5 Å². The molecule has 3 nitrogen and oxygen atoms in total. The molecule has 1 aliphatic rings. The number of aryl methyl sites for hydroxylation is 1. The smallest absolute Gasteiger partial charge is 0.117 e. The number of hydrogen-bond acceptors (Lipinski definition) is 3. The zero-order valence-corrected chi connectivity index (χ0v) is 10.00. The van der Waals surface area contributed by atoms with Gasteiger partial charge in [-0.2, -0.15) is 0 Å². The van der Waals surface area contributed by atoms with Crippen LogP contribution in [0, 0.1) is 5.92 Å². The zero-order valence-electron chi connectivity index (χ0n) is 10.00. The van der Waals surface area contributed by atoms with Gasteiger partial charge in [-0.1, -0.05) is 6.92 Å². The molecule has 1 atom stereocenters. The lowest BCUT2D eigenvalue weighted by Gasteiger charge is -2.21. The quantitative estimate of drug-likeness (QED) is 0.832. The Kier molecular flexibility index (Phi) is 4.43. The van der Waals surface area contributed by atoms with E-state index in [2.05, 4.69) is 24.4 Å². The number of nitrogens with one attached hydrogen (secondary N) is 1. The molecule has 0 bridgehead atoms. The van der Waals surface area contributed by atoms with Crippen molar-refractivity contribution >= 4 is 0 Å². The van der Waals surface area contributed by atoms with E-state index in [0.717, 1.165) is 44.2 Å². The van der Waals surface area contributed by atoms with Crippen molar-refractivity contribution in [3.05, 3.63) is 23.7 Å². The summed E-state index contributed by atoms with van der Waals surface area (Å²) in [7, 11) is 0. The first-order valence-electron chi connectivity index (χ1n) is 6.24. The van der Waals surface area contributed by atoms with Crippen LogP contribution in [-0.2, 0) is 17.7 Å². The van der Waals surface area contributed by atoms with Crippen molar-refractivity contribution in [2.75, 3.05) is 19.8 Å². The maximum Gasteiger partial charge on any atom is 0.117 e. The van der Waals surface area contributed by atoms with E-state index in [1.807, 2.05) is 0 Å². The molecule has 1 aliphatic heterocycles. The Morgan fingerprint density at radius 2 is 2.25 bits per heavy atom. The highest BCUT2D eigenvalue weighted by Crippen LogP contribution is 2.13. The number of furan rings is 1. The number of rotatable bonds is 5. The first-order chi connectivity index (χ1) is 7.88. The van der Waals surface area contributed by atoms with Gasteiger partial charge in [0.05, 0.1) is 13.2 Å². The summed E-state index contributed by atoms with van der Waals surface area (Å²) < 4.78 is 11.1. The Hall–Kier alpha value is -0.800. The van der Waals surface area contributed by atoms with Crippen LogP contribution in [0.3, 0.4) is 0 Å². The predicted octanol–water partition coefficient (Wildman–Crippen LogP) is 2.36. The molecule has 3 heteroatoms. The van der Waals surface area contributed by atoms with Crippen molar-refractivity contribution in [2.45, 2.75) is 32.7 Å². The highest BCUT2D eigenvalue weighted by atomic mass is 16.5. The van der Waals surface area contributed by atoms with Crippen LogP contribution in [0.25, 0.3) is 0 Å². The molecular weight excluding hydrogens is 202 g/mol. The highest BCUT2D eigenvalue weighted by Gasteiger charge is 2.13. The standard InChI is InChI=1S/C13H21NO2/c1-2-12-5-6-13(16-12)9-14-8-11-4-3-7-15-10-11/h5-6,11,14H,2-4,7-10H2,1H3. The van der Waals surface area contributed by atoms with Crippen LogP contribution in [0.5, 0.6) is 0 Å². The first-order valence-corrected chi connectivity index (χ1v) is 6.24. The maximum atomic E-state index is 5.63. The van der Waals surface area contributed by atoms with Gasteiger partial charge in [-0.3, -0.25) is 0 Å². The van der Waals surface area contributed by atoms with E-state index in [4.69, 9.17) is 9.15 Å². The lowest BCUT2D eigenvalue weighted by molar-refractivity contribution is 0.0546. The molecule has 1 aromatic rings. The fourth-order valence-corrected chi connectivity index (χ4v) is 2.08. The van der Waals surface area contributed by atoms with Crippen LogP contribution in [0.2, 0.25) is 0 Å². The average Bonchev–Trinajstić information content (AvgIpc) is 2.78. The lowest BCUT2D eigenvalue weighted by atomic mass is 10.0. The first kappa shape index (κ1) is 11.7. The number of hydrogen-bond donors (Lipinski definition) is 1. The van der Waals surface area contributed by atoms with E-state index in [1.165, 1.54) is 12.8 Å². The summed E-state index contributed by atoms with van der Waals surface area (Å²) in [6.45, 7) is 5.81. The molecular formula is C13H21NO2. The Bertz CT molecular complexity index is 303. The molecule has 1 saturated heterocycles. The van der Waals surface area contributed by atoms with Crippen LogP contribution >= 0.6 is 0 Å². The Labute approximate surface area is 97.2 Å². The molecule has 1 unspecified atom stereocenters. The molecule has 90 valence electrons. The second-order valence-corrected chi connectivity index (χ2v) is 4.44. The van der Waals surface area contributed by atoms with Crippen molar-refractivity contribution in [1.82, 2.24) is 5.32 Å². The maximum absolute atomic E-state index is 5.63. The molecule has 2 rings (SSSR count). The molecule has 16 heavy (non-hydrogen) atoms. The Morgan fingerprint density at radius 3 is 2.94 bits per heavy atom. The molecule has 0 saturated carbocycles. The molecule has 1 aromatic heterocycles. The van der Waals surface area contributed by atoms with Crippen molar-refractivity contribution in [2.24, 2.45) is 5.92 Å². The Morgan fingerprint density at radius 1 is 1.38 bits per heavy atom. The van der Waals surface area contributed by atoms with Crippen molar-refractivity contribution in [3.8, 4) is 0 Å². The monoisotopic (exact) mass is 223 g/mol. The van der Waals surface area contributed by atoms with E-state index in [0.29, 0.717) is 5.92 Å². The van der Waals surface area contributed by atoms with Gasteiger partial charge in [-0.15, -0.1) is 0 Å². The van der Waals surface area contributed by atoms with Gasteiger partial charge in [-0.25, -0.2) is 0 Å². The van der Waals surface area contributed by atoms with E-state index in [1.54, 1.807) is 0 Å². The van der Waals surface area contributed by atoms with E-state index < -0.39 is 0 Å². The molecule has 0 amide bonds. The summed E-state index contributed by atoms with van der Waals surface area (Å²) in [4.78, 5) is 0. The van der Waals surface area contributed by atoms with E-state index in [9.17, 15) is 0 Å². The topological polar surface area (TPSA) is 34.4 Å². The lowest BCUT2D eigenvalue weighted by Crippen LogP contribution is -2.28. The molecule has 0 radical (unpaired) electrons. The normalized spacial score (nSPS) is 21.2. The molecule has 2 heterocycles. The van der Waals surface area contributed by atoms with E-state index >= 15 is 0 Å². The summed E-state index contributed by atoms with van der Waals surface area (Å²) >= 11 is 0. The molecule has 1 fully saturated rings. The third kappa shape index (κ3) is 3.35. The van der Waals surface area contributed by atoms with E-state index in [-0.39, 0.29) is 0 Å². The van der Waals surface area contributed by atoms with Gasteiger partial charge in [-0.05, 0) is 30.9 Å². The summed E-state index contributed by atoms with van der Waals surface area (Å²) in [6.07, 6.45) is 3.45.